The van der Waals surface area contributed by atoms with E-state index in [1.807, 2.05) is 93.8 Å². The Morgan fingerprint density at radius 2 is 1.68 bits per heavy atom. The Bertz CT molecular complexity index is 1680. The minimum atomic E-state index is -0.513. The molecule has 2 aliphatic rings. The normalized spacial score (nSPS) is 18.3. The van der Waals surface area contributed by atoms with Crippen molar-refractivity contribution in [3.8, 4) is 5.75 Å². The number of carbonyl (C=O) groups excluding carboxylic acids is 1. The Balaban J connectivity index is 1.21. The maximum Gasteiger partial charge on any atom is 0.410 e. The summed E-state index contributed by atoms with van der Waals surface area (Å²) in [5.74, 6) is 1.70. The maximum absolute atomic E-state index is 12.4. The third kappa shape index (κ3) is 10.0. The molecular formula is C39H52N8O3. The smallest absolute Gasteiger partial charge is 0.410 e. The van der Waals surface area contributed by atoms with E-state index in [1.54, 1.807) is 4.90 Å². The number of hydrogen-bond acceptors (Lipinski definition) is 10. The molecule has 0 aliphatic carbocycles. The molecule has 2 aliphatic heterocycles. The average Bonchev–Trinajstić information content (AvgIpc) is 3.12. The van der Waals surface area contributed by atoms with Crippen molar-refractivity contribution >= 4 is 17.4 Å². The van der Waals surface area contributed by atoms with Gasteiger partial charge in [0.15, 0.2) is 0 Å². The van der Waals surface area contributed by atoms with Gasteiger partial charge < -0.3 is 41.8 Å². The number of carbonyl (C=O) groups is 1. The molecule has 11 nitrogen and oxygen atoms in total. The van der Waals surface area contributed by atoms with Crippen molar-refractivity contribution in [2.75, 3.05) is 26.2 Å². The molecule has 0 radical (unpaired) electrons. The third-order valence-electron chi connectivity index (χ3n) is 8.86. The van der Waals surface area contributed by atoms with E-state index in [-0.39, 0.29) is 24.0 Å². The number of nitrogens with two attached hydrogens (primary N) is 3. The fourth-order valence-electron chi connectivity index (χ4n) is 6.19. The van der Waals surface area contributed by atoms with Gasteiger partial charge in [-0.1, -0.05) is 55.5 Å². The largest absolute Gasteiger partial charge is 0.488 e. The molecule has 1 aromatic heterocycles. The van der Waals surface area contributed by atoms with Crippen LogP contribution in [-0.2, 0) is 17.8 Å². The van der Waals surface area contributed by atoms with E-state index in [9.17, 15) is 4.79 Å². The van der Waals surface area contributed by atoms with E-state index in [2.05, 4.69) is 23.2 Å². The van der Waals surface area contributed by atoms with E-state index < -0.39 is 5.60 Å². The van der Waals surface area contributed by atoms with Crippen molar-refractivity contribution in [3.05, 3.63) is 113 Å². The van der Waals surface area contributed by atoms with Gasteiger partial charge in [0.1, 0.15) is 29.6 Å². The predicted octanol–water partition coefficient (Wildman–Crippen LogP) is 5.15. The van der Waals surface area contributed by atoms with Crippen LogP contribution in [0.3, 0.4) is 0 Å². The van der Waals surface area contributed by atoms with Crippen molar-refractivity contribution in [1.82, 2.24) is 25.1 Å². The van der Waals surface area contributed by atoms with Crippen LogP contribution < -0.4 is 27.3 Å². The summed E-state index contributed by atoms with van der Waals surface area (Å²) >= 11 is 0. The second-order valence-corrected chi connectivity index (χ2v) is 13.9. The summed E-state index contributed by atoms with van der Waals surface area (Å²) in [4.78, 5) is 25.8. The van der Waals surface area contributed by atoms with Crippen LogP contribution in [-0.4, -0.2) is 69.7 Å². The predicted molar refractivity (Wildman–Crippen MR) is 198 cm³/mol. The SMILES string of the molecule is CCC1CN(C(/C=C(\N)c2ccccc2OCc2ccccc2)=C(N)N)CC(CCc2ncc(C3=CCN(C(=O)OC(C)(C)C)CC3)cn2)N1. The Morgan fingerprint density at radius 3 is 2.34 bits per heavy atom. The molecule has 1 saturated heterocycles. The minimum Gasteiger partial charge on any atom is -0.488 e. The Kier molecular flexibility index (Phi) is 12.0. The highest BCUT2D eigenvalue weighted by molar-refractivity contribution is 5.72. The number of para-hydroxylation sites is 1. The fraction of sp³-hybridized carbons (Fsp3) is 0.410. The highest BCUT2D eigenvalue weighted by Crippen LogP contribution is 2.27. The monoisotopic (exact) mass is 680 g/mol. The minimum absolute atomic E-state index is 0.169. The topological polar surface area (TPSA) is 158 Å². The van der Waals surface area contributed by atoms with Crippen molar-refractivity contribution < 1.29 is 14.3 Å². The molecule has 1 amide bonds. The molecule has 0 spiro atoms. The summed E-state index contributed by atoms with van der Waals surface area (Å²) < 4.78 is 11.7. The first-order chi connectivity index (χ1) is 24.0. The second-order valence-electron chi connectivity index (χ2n) is 13.9. The lowest BCUT2D eigenvalue weighted by Crippen LogP contribution is -2.56. The van der Waals surface area contributed by atoms with Gasteiger partial charge in [-0.2, -0.15) is 0 Å². The number of hydrogen-bond donors (Lipinski definition) is 4. The zero-order valence-corrected chi connectivity index (χ0v) is 29.8. The summed E-state index contributed by atoms with van der Waals surface area (Å²) in [5.41, 5.74) is 24.0. The van der Waals surface area contributed by atoms with Gasteiger partial charge in [-0.05, 0) is 69.4 Å². The molecule has 50 heavy (non-hydrogen) atoms. The lowest BCUT2D eigenvalue weighted by molar-refractivity contribution is 0.0270. The first-order valence-corrected chi connectivity index (χ1v) is 17.5. The molecule has 5 rings (SSSR count). The van der Waals surface area contributed by atoms with Crippen LogP contribution in [0, 0.1) is 0 Å². The second kappa shape index (κ2) is 16.6. The number of rotatable bonds is 11. The van der Waals surface area contributed by atoms with Gasteiger partial charge >= 0.3 is 6.09 Å². The first-order valence-electron chi connectivity index (χ1n) is 17.5. The van der Waals surface area contributed by atoms with Gasteiger partial charge in [0.25, 0.3) is 0 Å². The molecule has 11 heteroatoms. The Morgan fingerprint density at radius 1 is 0.980 bits per heavy atom. The van der Waals surface area contributed by atoms with Crippen molar-refractivity contribution in [1.29, 1.82) is 0 Å². The van der Waals surface area contributed by atoms with Crippen LogP contribution in [0.4, 0.5) is 4.79 Å². The van der Waals surface area contributed by atoms with E-state index >= 15 is 0 Å². The quantitative estimate of drug-likeness (QED) is 0.200. The van der Waals surface area contributed by atoms with Gasteiger partial charge in [0.05, 0.1) is 5.70 Å². The number of amides is 1. The lowest BCUT2D eigenvalue weighted by Gasteiger charge is -2.41. The number of allylic oxidation sites excluding steroid dienone is 1. The Labute approximate surface area is 296 Å². The Hall–Kier alpha value is -5.03. The van der Waals surface area contributed by atoms with Crippen LogP contribution in [0.25, 0.3) is 11.3 Å². The van der Waals surface area contributed by atoms with E-state index in [1.165, 1.54) is 0 Å². The highest BCUT2D eigenvalue weighted by atomic mass is 16.6. The van der Waals surface area contributed by atoms with E-state index in [0.29, 0.717) is 43.4 Å². The number of aromatic nitrogens is 2. The van der Waals surface area contributed by atoms with Gasteiger partial charge in [0.2, 0.25) is 0 Å². The van der Waals surface area contributed by atoms with Gasteiger partial charge in [0, 0.05) is 73.9 Å². The standard InChI is InChI=1S/C39H52N8O3/c1-5-30-24-47(34(37(41)42)21-33(40)32-13-9-10-14-35(32)49-26-27-11-7-6-8-12-27)25-31(45-30)15-16-36-43-22-29(23-44-36)28-17-19-46(20-18-28)38(48)50-39(2,3)4/h6-14,17,21-23,30-31,45H,5,15-16,18-20,24-26,40-42H2,1-4H3/b33-21-. The molecule has 3 aromatic rings. The van der Waals surface area contributed by atoms with Gasteiger partial charge in [-0.15, -0.1) is 0 Å². The molecule has 0 bridgehead atoms. The molecule has 0 saturated carbocycles. The summed E-state index contributed by atoms with van der Waals surface area (Å²) in [7, 11) is 0. The van der Waals surface area contributed by atoms with E-state index in [4.69, 9.17) is 36.6 Å². The number of nitrogens with one attached hydrogen (secondary N) is 1. The van der Waals surface area contributed by atoms with Crippen molar-refractivity contribution in [2.24, 2.45) is 17.2 Å². The molecule has 3 heterocycles. The van der Waals surface area contributed by atoms with Gasteiger partial charge in [-0.3, -0.25) is 0 Å². The molecular weight excluding hydrogens is 628 g/mol. The maximum atomic E-state index is 12.4. The molecule has 2 aromatic carbocycles. The van der Waals surface area contributed by atoms with Crippen LogP contribution in [0.1, 0.15) is 69.5 Å². The molecule has 1 fully saturated rings. The van der Waals surface area contributed by atoms with Crippen LogP contribution >= 0.6 is 0 Å². The number of benzene rings is 2. The molecule has 266 valence electrons. The summed E-state index contributed by atoms with van der Waals surface area (Å²) in [6.45, 7) is 10.8. The van der Waals surface area contributed by atoms with Gasteiger partial charge in [-0.25, -0.2) is 14.8 Å². The van der Waals surface area contributed by atoms with Crippen molar-refractivity contribution in [2.45, 2.75) is 77.7 Å². The number of piperazine rings is 1. The van der Waals surface area contributed by atoms with E-state index in [0.717, 1.165) is 60.3 Å². The first kappa shape index (κ1) is 36.3. The van der Waals surface area contributed by atoms with Crippen LogP contribution in [0.2, 0.25) is 0 Å². The molecule has 2 atom stereocenters. The van der Waals surface area contributed by atoms with Crippen LogP contribution in [0.5, 0.6) is 5.75 Å². The number of nitrogens with zero attached hydrogens (tertiary/aromatic N) is 4. The number of aryl methyl sites for hydroxylation is 1. The summed E-state index contributed by atoms with van der Waals surface area (Å²) in [5, 5.41) is 3.79. The lowest BCUT2D eigenvalue weighted by atomic mass is 10.0. The number of ether oxygens (including phenoxy) is 2. The summed E-state index contributed by atoms with van der Waals surface area (Å²) in [6, 6.07) is 18.2. The fourth-order valence-corrected chi connectivity index (χ4v) is 6.19. The van der Waals surface area contributed by atoms with Crippen molar-refractivity contribution in [3.63, 3.8) is 0 Å². The zero-order chi connectivity index (χ0) is 35.7. The summed E-state index contributed by atoms with van der Waals surface area (Å²) in [6.07, 6.45) is 10.6. The molecule has 7 N–H and O–H groups in total. The highest BCUT2D eigenvalue weighted by Gasteiger charge is 2.28. The zero-order valence-electron chi connectivity index (χ0n) is 29.8. The molecule has 2 unspecified atom stereocenters. The average molecular weight is 681 g/mol. The third-order valence-corrected chi connectivity index (χ3v) is 8.86. The van der Waals surface area contributed by atoms with Crippen LogP contribution in [0.15, 0.2) is 90.7 Å².